The quantitative estimate of drug-likeness (QED) is 0.760. The molecule has 1 aromatic carbocycles. The molecule has 2 unspecified atom stereocenters. The first kappa shape index (κ1) is 17.3. The first-order valence-electron chi connectivity index (χ1n) is 7.63. The highest BCUT2D eigenvalue weighted by molar-refractivity contribution is 9.09. The molecule has 1 aliphatic heterocycles. The third-order valence-corrected chi connectivity index (χ3v) is 4.29. The van der Waals surface area contributed by atoms with E-state index in [-0.39, 0.29) is 17.0 Å². The van der Waals surface area contributed by atoms with Gasteiger partial charge in [0.25, 0.3) is 0 Å². The second kappa shape index (κ2) is 7.47. The maximum atomic E-state index is 12.1. The Morgan fingerprint density at radius 1 is 1.27 bits per heavy atom. The Morgan fingerprint density at radius 3 is 2.59 bits per heavy atom. The average Bonchev–Trinajstić information content (AvgIpc) is 2.80. The molecule has 0 aliphatic carbocycles. The second-order valence-corrected chi connectivity index (χ2v) is 7.72. The molecule has 5 heteroatoms. The third kappa shape index (κ3) is 5.29. The fraction of sp³-hybridized carbons (Fsp3) is 0.588. The minimum absolute atomic E-state index is 0.0104. The predicted molar refractivity (Wildman–Crippen MR) is 90.4 cm³/mol. The normalized spacial score (nSPS) is 21.9. The lowest BCUT2D eigenvalue weighted by molar-refractivity contribution is 0.0215. The molecule has 0 saturated carbocycles. The Hall–Kier alpha value is -1.07. The van der Waals surface area contributed by atoms with Gasteiger partial charge in [-0.1, -0.05) is 46.3 Å². The summed E-state index contributed by atoms with van der Waals surface area (Å²) in [6.45, 7) is 7.46. The van der Waals surface area contributed by atoms with Gasteiger partial charge in [0, 0.05) is 6.54 Å². The van der Waals surface area contributed by atoms with Crippen molar-refractivity contribution in [2.45, 2.75) is 43.7 Å². The molecule has 4 nitrogen and oxygen atoms in total. The van der Waals surface area contributed by atoms with Gasteiger partial charge in [0.15, 0.2) is 0 Å². The van der Waals surface area contributed by atoms with Crippen LogP contribution in [0.2, 0.25) is 0 Å². The third-order valence-electron chi connectivity index (χ3n) is 3.42. The maximum absolute atomic E-state index is 12.1. The first-order valence-corrected chi connectivity index (χ1v) is 8.54. The first-order chi connectivity index (χ1) is 10.3. The van der Waals surface area contributed by atoms with E-state index in [0.29, 0.717) is 19.7 Å². The number of carbonyl (C=O) groups excluding carboxylic acids is 1. The number of ether oxygens (including phenoxy) is 2. The summed E-state index contributed by atoms with van der Waals surface area (Å²) in [6.07, 6.45) is 0.617. The number of nitrogens with zero attached hydrogens (tertiary/aromatic N) is 1. The molecule has 2 rings (SSSR count). The van der Waals surface area contributed by atoms with Gasteiger partial charge in [-0.05, 0) is 32.8 Å². The Morgan fingerprint density at radius 2 is 1.95 bits per heavy atom. The molecule has 0 aromatic heterocycles. The van der Waals surface area contributed by atoms with E-state index in [4.69, 9.17) is 9.47 Å². The van der Waals surface area contributed by atoms with Crippen LogP contribution in [0.1, 0.15) is 26.3 Å². The Bertz CT molecular complexity index is 486. The van der Waals surface area contributed by atoms with Crippen molar-refractivity contribution in [1.82, 2.24) is 4.90 Å². The Kier molecular flexibility index (Phi) is 5.87. The number of rotatable bonds is 4. The zero-order valence-corrected chi connectivity index (χ0v) is 15.0. The minimum atomic E-state index is -0.467. The Labute approximate surface area is 140 Å². The summed E-state index contributed by atoms with van der Waals surface area (Å²) in [5.41, 5.74) is 0.793. The van der Waals surface area contributed by atoms with E-state index >= 15 is 0 Å². The number of amides is 1. The summed E-state index contributed by atoms with van der Waals surface area (Å²) < 4.78 is 11.3. The van der Waals surface area contributed by atoms with Gasteiger partial charge in [0.05, 0.1) is 24.1 Å². The van der Waals surface area contributed by atoms with Crippen LogP contribution in [0.5, 0.6) is 0 Å². The molecule has 2 atom stereocenters. The number of likely N-dealkylation sites (tertiary alicyclic amines) is 1. The number of benzene rings is 1. The Balaban J connectivity index is 1.77. The molecule has 0 radical (unpaired) electrons. The summed E-state index contributed by atoms with van der Waals surface area (Å²) >= 11 is 3.61. The van der Waals surface area contributed by atoms with Crippen LogP contribution in [-0.4, -0.2) is 47.2 Å². The lowest BCUT2D eigenvalue weighted by Gasteiger charge is -2.24. The largest absolute Gasteiger partial charge is 0.444 e. The standard InChI is InChI=1S/C17H24BrNO3/c1-17(2,3)22-16(20)19-11-14(18)15(12-19)21-10-9-13-7-5-4-6-8-13/h4-8,14-15H,9-12H2,1-3H3. The van der Waals surface area contributed by atoms with Crippen molar-refractivity contribution in [2.75, 3.05) is 19.7 Å². The smallest absolute Gasteiger partial charge is 0.410 e. The van der Waals surface area contributed by atoms with Gasteiger partial charge >= 0.3 is 6.09 Å². The number of hydrogen-bond donors (Lipinski definition) is 0. The molecule has 1 fully saturated rings. The minimum Gasteiger partial charge on any atom is -0.444 e. The zero-order valence-electron chi connectivity index (χ0n) is 13.4. The van der Waals surface area contributed by atoms with Crippen molar-refractivity contribution in [2.24, 2.45) is 0 Å². The molecule has 0 spiro atoms. The molecule has 0 N–H and O–H groups in total. The van der Waals surface area contributed by atoms with Gasteiger partial charge in [-0.15, -0.1) is 0 Å². The van der Waals surface area contributed by atoms with Gasteiger partial charge in [-0.3, -0.25) is 0 Å². The van der Waals surface area contributed by atoms with Crippen LogP contribution in [0.15, 0.2) is 30.3 Å². The average molecular weight is 370 g/mol. The number of halogens is 1. The lowest BCUT2D eigenvalue weighted by Crippen LogP contribution is -2.36. The van der Waals surface area contributed by atoms with E-state index in [1.54, 1.807) is 4.90 Å². The van der Waals surface area contributed by atoms with Crippen LogP contribution in [0.4, 0.5) is 4.79 Å². The monoisotopic (exact) mass is 369 g/mol. The van der Waals surface area contributed by atoms with Crippen LogP contribution in [0.25, 0.3) is 0 Å². The van der Waals surface area contributed by atoms with Crippen LogP contribution < -0.4 is 0 Å². The van der Waals surface area contributed by atoms with E-state index in [2.05, 4.69) is 28.1 Å². The summed E-state index contributed by atoms with van der Waals surface area (Å²) in [5, 5.41) is 0. The molecule has 1 amide bonds. The van der Waals surface area contributed by atoms with E-state index in [1.165, 1.54) is 5.56 Å². The van der Waals surface area contributed by atoms with Crippen molar-refractivity contribution < 1.29 is 14.3 Å². The van der Waals surface area contributed by atoms with Crippen molar-refractivity contribution >= 4 is 22.0 Å². The van der Waals surface area contributed by atoms with E-state index < -0.39 is 5.60 Å². The predicted octanol–water partition coefficient (Wildman–Crippen LogP) is 3.63. The molecule has 1 heterocycles. The molecular weight excluding hydrogens is 346 g/mol. The SMILES string of the molecule is CC(C)(C)OC(=O)N1CC(Br)C(OCCc2ccccc2)C1. The lowest BCUT2D eigenvalue weighted by atomic mass is 10.2. The van der Waals surface area contributed by atoms with Gasteiger partial charge in [0.2, 0.25) is 0 Å². The highest BCUT2D eigenvalue weighted by Crippen LogP contribution is 2.23. The highest BCUT2D eigenvalue weighted by atomic mass is 79.9. The van der Waals surface area contributed by atoms with Crippen LogP contribution in [-0.2, 0) is 15.9 Å². The summed E-state index contributed by atoms with van der Waals surface area (Å²) in [5.74, 6) is 0. The highest BCUT2D eigenvalue weighted by Gasteiger charge is 2.36. The fourth-order valence-electron chi connectivity index (χ4n) is 2.34. The second-order valence-electron chi connectivity index (χ2n) is 6.55. The van der Waals surface area contributed by atoms with Gasteiger partial charge < -0.3 is 14.4 Å². The fourth-order valence-corrected chi connectivity index (χ4v) is 3.01. The van der Waals surface area contributed by atoms with Crippen molar-refractivity contribution in [1.29, 1.82) is 0 Å². The molecule has 22 heavy (non-hydrogen) atoms. The van der Waals surface area contributed by atoms with E-state index in [0.717, 1.165) is 6.42 Å². The summed E-state index contributed by atoms with van der Waals surface area (Å²) in [6, 6.07) is 10.3. The van der Waals surface area contributed by atoms with E-state index in [9.17, 15) is 4.79 Å². The van der Waals surface area contributed by atoms with Crippen molar-refractivity contribution in [3.63, 3.8) is 0 Å². The number of hydrogen-bond acceptors (Lipinski definition) is 3. The van der Waals surface area contributed by atoms with E-state index in [1.807, 2.05) is 39.0 Å². The molecule has 0 bridgehead atoms. The van der Waals surface area contributed by atoms with Gasteiger partial charge in [0.1, 0.15) is 5.60 Å². The van der Waals surface area contributed by atoms with Crippen molar-refractivity contribution in [3.05, 3.63) is 35.9 Å². The molecule has 1 saturated heterocycles. The van der Waals surface area contributed by atoms with Crippen LogP contribution in [0, 0.1) is 0 Å². The summed E-state index contributed by atoms with van der Waals surface area (Å²) in [7, 11) is 0. The van der Waals surface area contributed by atoms with Crippen LogP contribution >= 0.6 is 15.9 Å². The van der Waals surface area contributed by atoms with Gasteiger partial charge in [-0.2, -0.15) is 0 Å². The number of alkyl halides is 1. The number of carbonyl (C=O) groups is 1. The molecule has 1 aromatic rings. The summed E-state index contributed by atoms with van der Waals surface area (Å²) in [4.78, 5) is 13.9. The van der Waals surface area contributed by atoms with Crippen LogP contribution in [0.3, 0.4) is 0 Å². The molecule has 1 aliphatic rings. The van der Waals surface area contributed by atoms with Gasteiger partial charge in [-0.25, -0.2) is 4.79 Å². The topological polar surface area (TPSA) is 38.8 Å². The zero-order chi connectivity index (χ0) is 16.2. The molecular formula is C17H24BrNO3. The maximum Gasteiger partial charge on any atom is 0.410 e. The van der Waals surface area contributed by atoms with Crippen molar-refractivity contribution in [3.8, 4) is 0 Å². The molecule has 122 valence electrons.